The van der Waals surface area contributed by atoms with Gasteiger partial charge in [-0.3, -0.25) is 4.79 Å². The number of nitrogens with two attached hydrogens (primary N) is 1. The van der Waals surface area contributed by atoms with E-state index in [0.29, 0.717) is 25.1 Å². The van der Waals surface area contributed by atoms with Gasteiger partial charge in [0.1, 0.15) is 0 Å². The molecule has 1 amide bonds. The van der Waals surface area contributed by atoms with Gasteiger partial charge in [0.2, 0.25) is 5.91 Å². The van der Waals surface area contributed by atoms with Crippen molar-refractivity contribution < 1.29 is 4.79 Å². The molecule has 1 aliphatic heterocycles. The summed E-state index contributed by atoms with van der Waals surface area (Å²) in [5.41, 5.74) is 9.58. The van der Waals surface area contributed by atoms with Crippen LogP contribution in [0, 0.1) is 11.3 Å². The normalized spacial score (nSPS) is 13.4. The highest BCUT2D eigenvalue weighted by Crippen LogP contribution is 2.33. The molecule has 0 saturated heterocycles. The molecule has 5 nitrogen and oxygen atoms in total. The number of carbonyl (C=O) groups excluding carboxylic acids is 1. The van der Waals surface area contributed by atoms with E-state index in [1.807, 2.05) is 19.1 Å². The van der Waals surface area contributed by atoms with Crippen LogP contribution in [0.25, 0.3) is 0 Å². The quantitative estimate of drug-likeness (QED) is 0.808. The second-order valence-electron chi connectivity index (χ2n) is 4.60. The monoisotopic (exact) mass is 258 g/mol. The van der Waals surface area contributed by atoms with Crippen molar-refractivity contribution in [2.45, 2.75) is 26.2 Å². The Morgan fingerprint density at radius 2 is 2.26 bits per heavy atom. The molecule has 0 spiro atoms. The van der Waals surface area contributed by atoms with Crippen LogP contribution in [0.15, 0.2) is 12.1 Å². The number of nitrogens with zero attached hydrogens (tertiary/aromatic N) is 2. The number of benzene rings is 1. The van der Waals surface area contributed by atoms with E-state index in [1.54, 1.807) is 0 Å². The van der Waals surface area contributed by atoms with Crippen LogP contribution >= 0.6 is 0 Å². The lowest BCUT2D eigenvalue weighted by molar-refractivity contribution is -0.116. The van der Waals surface area contributed by atoms with Crippen molar-refractivity contribution in [1.29, 1.82) is 5.26 Å². The zero-order chi connectivity index (χ0) is 13.8. The van der Waals surface area contributed by atoms with E-state index in [2.05, 4.69) is 16.3 Å². The van der Waals surface area contributed by atoms with Crippen LogP contribution in [0.5, 0.6) is 0 Å². The van der Waals surface area contributed by atoms with Gasteiger partial charge >= 0.3 is 0 Å². The van der Waals surface area contributed by atoms with E-state index in [0.717, 1.165) is 29.9 Å². The maximum atomic E-state index is 11.4. The molecule has 0 aliphatic carbocycles. The lowest BCUT2D eigenvalue weighted by Crippen LogP contribution is -2.26. The standard InChI is InChI=1S/C14H18N4O/c1-2-18(7-3-6-15)13-8-10-4-5-14(19)17-12(10)9-11(13)16/h8-9H,2-5,7,16H2,1H3,(H,17,19). The van der Waals surface area contributed by atoms with Crippen LogP contribution in [0.4, 0.5) is 17.1 Å². The van der Waals surface area contributed by atoms with Gasteiger partial charge in [-0.1, -0.05) is 0 Å². The Kier molecular flexibility index (Phi) is 3.91. The van der Waals surface area contributed by atoms with Gasteiger partial charge in [-0.25, -0.2) is 0 Å². The highest BCUT2D eigenvalue weighted by molar-refractivity contribution is 5.95. The summed E-state index contributed by atoms with van der Waals surface area (Å²) in [6, 6.07) is 6.00. The minimum Gasteiger partial charge on any atom is -0.397 e. The van der Waals surface area contributed by atoms with Crippen LogP contribution in [0.3, 0.4) is 0 Å². The van der Waals surface area contributed by atoms with Gasteiger partial charge in [-0.2, -0.15) is 5.26 Å². The maximum Gasteiger partial charge on any atom is 0.224 e. The smallest absolute Gasteiger partial charge is 0.224 e. The van der Waals surface area contributed by atoms with Crippen LogP contribution < -0.4 is 16.0 Å². The summed E-state index contributed by atoms with van der Waals surface area (Å²) >= 11 is 0. The fourth-order valence-corrected chi connectivity index (χ4v) is 2.34. The summed E-state index contributed by atoms with van der Waals surface area (Å²) in [6.45, 7) is 3.51. The summed E-state index contributed by atoms with van der Waals surface area (Å²) < 4.78 is 0. The average molecular weight is 258 g/mol. The Hall–Kier alpha value is -2.22. The minimum atomic E-state index is 0.0384. The van der Waals surface area contributed by atoms with Gasteiger partial charge in [0.05, 0.1) is 23.9 Å². The van der Waals surface area contributed by atoms with Crippen molar-refractivity contribution in [3.05, 3.63) is 17.7 Å². The van der Waals surface area contributed by atoms with E-state index in [-0.39, 0.29) is 5.91 Å². The van der Waals surface area contributed by atoms with Gasteiger partial charge in [0.25, 0.3) is 0 Å². The topological polar surface area (TPSA) is 82.2 Å². The van der Waals surface area contributed by atoms with Crippen LogP contribution in [-0.2, 0) is 11.2 Å². The number of nitrogens with one attached hydrogen (secondary N) is 1. The summed E-state index contributed by atoms with van der Waals surface area (Å²) in [6.07, 6.45) is 1.73. The summed E-state index contributed by atoms with van der Waals surface area (Å²) in [4.78, 5) is 13.4. The molecule has 3 N–H and O–H groups in total. The first kappa shape index (κ1) is 13.2. The van der Waals surface area contributed by atoms with Gasteiger partial charge in [-0.05, 0) is 31.0 Å². The number of rotatable bonds is 4. The van der Waals surface area contributed by atoms with Crippen molar-refractivity contribution in [2.75, 3.05) is 29.0 Å². The molecule has 0 fully saturated rings. The molecule has 1 aromatic rings. The molecule has 1 aromatic carbocycles. The number of carbonyl (C=O) groups is 1. The van der Waals surface area contributed by atoms with Crippen LogP contribution in [0.1, 0.15) is 25.3 Å². The molecule has 2 rings (SSSR count). The first-order chi connectivity index (χ1) is 9.15. The third kappa shape index (κ3) is 2.79. The van der Waals surface area contributed by atoms with Crippen LogP contribution in [-0.4, -0.2) is 19.0 Å². The Bertz CT molecular complexity index is 533. The molecule has 0 aromatic heterocycles. The molecule has 19 heavy (non-hydrogen) atoms. The predicted octanol–water partition coefficient (Wildman–Crippen LogP) is 1.89. The van der Waals surface area contributed by atoms with Crippen LogP contribution in [0.2, 0.25) is 0 Å². The van der Waals surface area contributed by atoms with E-state index < -0.39 is 0 Å². The lowest BCUT2D eigenvalue weighted by atomic mass is 10.0. The first-order valence-corrected chi connectivity index (χ1v) is 6.49. The molecule has 1 aliphatic rings. The second-order valence-corrected chi connectivity index (χ2v) is 4.60. The number of nitrogen functional groups attached to an aromatic ring is 1. The van der Waals surface area contributed by atoms with Crippen molar-refractivity contribution >= 4 is 23.0 Å². The maximum absolute atomic E-state index is 11.4. The summed E-state index contributed by atoms with van der Waals surface area (Å²) in [5.74, 6) is 0.0384. The number of hydrogen-bond donors (Lipinski definition) is 2. The Balaban J connectivity index is 2.31. The fourth-order valence-electron chi connectivity index (χ4n) is 2.34. The SMILES string of the molecule is CCN(CCC#N)c1cc2c(cc1N)NC(=O)CC2. The molecule has 0 atom stereocenters. The van der Waals surface area contributed by atoms with Gasteiger partial charge < -0.3 is 16.0 Å². The highest BCUT2D eigenvalue weighted by atomic mass is 16.1. The molecule has 0 unspecified atom stereocenters. The van der Waals surface area contributed by atoms with E-state index in [4.69, 9.17) is 11.0 Å². The largest absolute Gasteiger partial charge is 0.397 e. The van der Waals surface area contributed by atoms with E-state index in [9.17, 15) is 4.79 Å². The predicted molar refractivity (Wildman–Crippen MR) is 75.9 cm³/mol. The van der Waals surface area contributed by atoms with Crippen molar-refractivity contribution in [3.8, 4) is 6.07 Å². The third-order valence-corrected chi connectivity index (χ3v) is 3.36. The molecule has 1 heterocycles. The molecule has 5 heteroatoms. The van der Waals surface area contributed by atoms with Gasteiger partial charge in [-0.15, -0.1) is 0 Å². The number of fused-ring (bicyclic) bond motifs is 1. The zero-order valence-corrected chi connectivity index (χ0v) is 11.1. The number of hydrogen-bond acceptors (Lipinski definition) is 4. The zero-order valence-electron chi connectivity index (χ0n) is 11.1. The minimum absolute atomic E-state index is 0.0384. The van der Waals surface area contributed by atoms with Crippen molar-refractivity contribution in [1.82, 2.24) is 0 Å². The van der Waals surface area contributed by atoms with Gasteiger partial charge in [0.15, 0.2) is 0 Å². The van der Waals surface area contributed by atoms with Crippen molar-refractivity contribution in [3.63, 3.8) is 0 Å². The summed E-state index contributed by atoms with van der Waals surface area (Å²) in [7, 11) is 0. The number of aryl methyl sites for hydroxylation is 1. The third-order valence-electron chi connectivity index (χ3n) is 3.36. The van der Waals surface area contributed by atoms with Crippen molar-refractivity contribution in [2.24, 2.45) is 0 Å². The number of anilines is 3. The Labute approximate surface area is 113 Å². The Morgan fingerprint density at radius 3 is 2.95 bits per heavy atom. The number of amides is 1. The Morgan fingerprint density at radius 1 is 1.47 bits per heavy atom. The number of nitriles is 1. The molecule has 0 saturated carbocycles. The molecular weight excluding hydrogens is 240 g/mol. The van der Waals surface area contributed by atoms with Gasteiger partial charge in [0, 0.05) is 25.2 Å². The first-order valence-electron chi connectivity index (χ1n) is 6.49. The van der Waals surface area contributed by atoms with E-state index in [1.165, 1.54) is 0 Å². The van der Waals surface area contributed by atoms with E-state index >= 15 is 0 Å². The highest BCUT2D eigenvalue weighted by Gasteiger charge is 2.18. The average Bonchev–Trinajstić information content (AvgIpc) is 2.40. The second kappa shape index (κ2) is 5.61. The summed E-state index contributed by atoms with van der Waals surface area (Å²) in [5, 5.41) is 11.5. The lowest BCUT2D eigenvalue weighted by Gasteiger charge is -2.26. The molecule has 100 valence electrons. The molecule has 0 radical (unpaired) electrons. The molecule has 0 bridgehead atoms. The molecular formula is C14H18N4O. The fraction of sp³-hybridized carbons (Fsp3) is 0.429.